The van der Waals surface area contributed by atoms with Crippen LogP contribution in [0.1, 0.15) is 59.3 Å². The van der Waals surface area contributed by atoms with Crippen LogP contribution in [0.2, 0.25) is 0 Å². The van der Waals surface area contributed by atoms with Crippen LogP contribution >= 0.6 is 11.3 Å². The third-order valence-corrected chi connectivity index (χ3v) is 8.19. The van der Waals surface area contributed by atoms with Gasteiger partial charge < -0.3 is 9.47 Å². The quantitative estimate of drug-likeness (QED) is 0.367. The predicted octanol–water partition coefficient (Wildman–Crippen LogP) is 5.81. The highest BCUT2D eigenvalue weighted by Gasteiger charge is 2.32. The summed E-state index contributed by atoms with van der Waals surface area (Å²) in [7, 11) is 0. The molecule has 7 heteroatoms. The highest BCUT2D eigenvalue weighted by Crippen LogP contribution is 2.36. The van der Waals surface area contributed by atoms with Crippen molar-refractivity contribution < 1.29 is 4.79 Å². The topological polar surface area (TPSA) is 63.9 Å². The van der Waals surface area contributed by atoms with Crippen molar-refractivity contribution in [2.45, 2.75) is 51.0 Å². The van der Waals surface area contributed by atoms with E-state index in [9.17, 15) is 4.79 Å². The lowest BCUT2D eigenvalue weighted by Crippen LogP contribution is -2.39. The van der Waals surface area contributed by atoms with Gasteiger partial charge in [-0.25, -0.2) is 4.98 Å². The minimum Gasteiger partial charge on any atom is -0.337 e. The number of carbonyl (C=O) groups is 1. The van der Waals surface area contributed by atoms with E-state index >= 15 is 0 Å². The van der Waals surface area contributed by atoms with Gasteiger partial charge in [-0.15, -0.1) is 21.5 Å². The molecule has 0 aliphatic carbocycles. The van der Waals surface area contributed by atoms with E-state index in [4.69, 9.17) is 4.98 Å². The molecule has 1 saturated heterocycles. The maximum absolute atomic E-state index is 14.0. The number of hydrogen-bond acceptors (Lipinski definition) is 5. The van der Waals surface area contributed by atoms with Gasteiger partial charge >= 0.3 is 0 Å². The summed E-state index contributed by atoms with van der Waals surface area (Å²) in [6.45, 7) is 2.45. The van der Waals surface area contributed by atoms with Gasteiger partial charge in [0.05, 0.1) is 5.69 Å². The van der Waals surface area contributed by atoms with Crippen LogP contribution in [0.4, 0.5) is 0 Å². The zero-order valence-corrected chi connectivity index (χ0v) is 20.6. The van der Waals surface area contributed by atoms with Crippen LogP contribution in [0.5, 0.6) is 0 Å². The smallest absolute Gasteiger partial charge is 0.266 e. The molecule has 6 rings (SSSR count). The average Bonchev–Trinajstić information content (AvgIpc) is 3.47. The monoisotopic (exact) mass is 483 g/mol. The zero-order valence-electron chi connectivity index (χ0n) is 19.8. The maximum Gasteiger partial charge on any atom is 0.266 e. The molecule has 2 aromatic heterocycles. The number of likely N-dealkylation sites (tertiary alicyclic amines) is 1. The molecule has 2 aliphatic heterocycles. The van der Waals surface area contributed by atoms with Gasteiger partial charge in [0.2, 0.25) is 0 Å². The third kappa shape index (κ3) is 4.41. The highest BCUT2D eigenvalue weighted by atomic mass is 32.1. The molecule has 1 amide bonds. The molecule has 4 aromatic rings. The van der Waals surface area contributed by atoms with Crippen LogP contribution in [0.3, 0.4) is 0 Å². The lowest BCUT2D eigenvalue weighted by Gasteiger charge is -2.32. The first-order valence-electron chi connectivity index (χ1n) is 12.6. The van der Waals surface area contributed by atoms with Crippen LogP contribution < -0.4 is 0 Å². The first-order chi connectivity index (χ1) is 17.3. The predicted molar refractivity (Wildman–Crippen MR) is 138 cm³/mol. The number of aromatic nitrogens is 4. The van der Waals surface area contributed by atoms with Gasteiger partial charge in [-0.2, -0.15) is 0 Å². The van der Waals surface area contributed by atoms with Gasteiger partial charge in [-0.1, -0.05) is 67.1 Å². The number of rotatable bonds is 4. The Labute approximate surface area is 209 Å². The molecule has 1 unspecified atom stereocenters. The maximum atomic E-state index is 14.0. The van der Waals surface area contributed by atoms with Crippen molar-refractivity contribution in [3.05, 3.63) is 77.2 Å². The number of thiazole rings is 1. The molecule has 0 saturated carbocycles. The Balaban J connectivity index is 1.32. The number of amides is 1. The van der Waals surface area contributed by atoms with Gasteiger partial charge in [-0.05, 0) is 25.7 Å². The molecule has 0 N–H and O–H groups in total. The van der Waals surface area contributed by atoms with Crippen LogP contribution in [0.25, 0.3) is 21.8 Å². The van der Waals surface area contributed by atoms with Crippen molar-refractivity contribution in [2.24, 2.45) is 0 Å². The summed E-state index contributed by atoms with van der Waals surface area (Å²) in [6, 6.07) is 20.2. The molecule has 0 bridgehead atoms. The summed E-state index contributed by atoms with van der Waals surface area (Å²) in [5, 5.41) is 9.99. The minimum atomic E-state index is 0.0730. The molecule has 178 valence electrons. The fraction of sp³-hybridized carbons (Fsp3) is 0.357. The number of fused-ring (bicyclic) bond motifs is 1. The summed E-state index contributed by atoms with van der Waals surface area (Å²) < 4.78 is 2.33. The molecule has 35 heavy (non-hydrogen) atoms. The van der Waals surface area contributed by atoms with Crippen molar-refractivity contribution in [2.75, 3.05) is 13.1 Å². The van der Waals surface area contributed by atoms with Gasteiger partial charge in [0.25, 0.3) is 5.91 Å². The zero-order chi connectivity index (χ0) is 23.6. The normalized spacial score (nSPS) is 18.2. The summed E-state index contributed by atoms with van der Waals surface area (Å²) in [5.41, 5.74) is 2.79. The molecule has 4 heterocycles. The van der Waals surface area contributed by atoms with E-state index in [-0.39, 0.29) is 11.8 Å². The Bertz CT molecular complexity index is 1310. The van der Waals surface area contributed by atoms with Gasteiger partial charge in [-0.3, -0.25) is 4.79 Å². The van der Waals surface area contributed by atoms with E-state index in [2.05, 4.69) is 26.9 Å². The molecule has 2 aromatic carbocycles. The van der Waals surface area contributed by atoms with Crippen molar-refractivity contribution >= 4 is 17.2 Å². The largest absolute Gasteiger partial charge is 0.337 e. The van der Waals surface area contributed by atoms with E-state index in [0.29, 0.717) is 6.54 Å². The van der Waals surface area contributed by atoms with Crippen LogP contribution in [-0.4, -0.2) is 43.6 Å². The standard InChI is InChI=1S/C28H29N5OS/c34-28(32-17-10-15-22(19-32)26-31-30-23-16-8-3-9-18-33(23)26)25-24(20-11-4-1-5-12-20)29-27(35-25)21-13-6-2-7-14-21/h1-2,4-7,11-14,22H,3,8-10,15-19H2. The minimum absolute atomic E-state index is 0.0730. The average molecular weight is 484 g/mol. The van der Waals surface area contributed by atoms with Gasteiger partial charge in [0.1, 0.15) is 21.5 Å². The fourth-order valence-corrected chi connectivity index (χ4v) is 6.35. The number of hydrogen-bond donors (Lipinski definition) is 0. The fourth-order valence-electron chi connectivity index (χ4n) is 5.29. The number of benzene rings is 2. The van der Waals surface area contributed by atoms with Crippen molar-refractivity contribution in [3.8, 4) is 21.8 Å². The molecule has 6 nitrogen and oxygen atoms in total. The molecular formula is C28H29N5OS. The molecule has 2 aliphatic rings. The molecular weight excluding hydrogens is 454 g/mol. The number of piperidine rings is 1. The van der Waals surface area contributed by atoms with Crippen LogP contribution in [-0.2, 0) is 13.0 Å². The summed E-state index contributed by atoms with van der Waals surface area (Å²) in [5.74, 6) is 2.48. The second-order valence-corrected chi connectivity index (χ2v) is 10.5. The Morgan fingerprint density at radius 1 is 0.857 bits per heavy atom. The number of aryl methyl sites for hydroxylation is 1. The Morgan fingerprint density at radius 2 is 1.63 bits per heavy atom. The first-order valence-corrected chi connectivity index (χ1v) is 13.4. The molecule has 0 spiro atoms. The summed E-state index contributed by atoms with van der Waals surface area (Å²) in [4.78, 5) is 21.6. The second kappa shape index (κ2) is 9.74. The van der Waals surface area contributed by atoms with E-state index in [1.165, 1.54) is 30.6 Å². The van der Waals surface area contributed by atoms with Crippen molar-refractivity contribution in [1.29, 1.82) is 0 Å². The Hall–Kier alpha value is -3.32. The molecule has 0 radical (unpaired) electrons. The van der Waals surface area contributed by atoms with Gasteiger partial charge in [0.15, 0.2) is 0 Å². The molecule has 1 atom stereocenters. The van der Waals surface area contributed by atoms with E-state index in [1.807, 2.05) is 53.4 Å². The first kappa shape index (κ1) is 22.2. The van der Waals surface area contributed by atoms with E-state index in [0.717, 1.165) is 70.7 Å². The highest BCUT2D eigenvalue weighted by molar-refractivity contribution is 7.17. The Morgan fingerprint density at radius 3 is 2.43 bits per heavy atom. The SMILES string of the molecule is O=C(c1sc(-c2ccccc2)nc1-c1ccccc1)N1CCCC(c2nnc3n2CCCCC3)C1. The number of carbonyl (C=O) groups excluding carboxylic acids is 1. The second-order valence-electron chi connectivity index (χ2n) is 9.46. The van der Waals surface area contributed by atoms with Gasteiger partial charge in [0, 0.05) is 43.1 Å². The summed E-state index contributed by atoms with van der Waals surface area (Å²) in [6.07, 6.45) is 6.64. The molecule has 1 fully saturated rings. The third-order valence-electron chi connectivity index (χ3n) is 7.10. The van der Waals surface area contributed by atoms with E-state index in [1.54, 1.807) is 0 Å². The summed E-state index contributed by atoms with van der Waals surface area (Å²) >= 11 is 1.50. The van der Waals surface area contributed by atoms with E-state index < -0.39 is 0 Å². The van der Waals surface area contributed by atoms with Crippen LogP contribution in [0, 0.1) is 0 Å². The van der Waals surface area contributed by atoms with Crippen molar-refractivity contribution in [3.63, 3.8) is 0 Å². The Kier molecular flexibility index (Phi) is 6.17. The lowest BCUT2D eigenvalue weighted by atomic mass is 9.96. The van der Waals surface area contributed by atoms with Crippen molar-refractivity contribution in [1.82, 2.24) is 24.6 Å². The number of nitrogens with zero attached hydrogens (tertiary/aromatic N) is 5. The lowest BCUT2D eigenvalue weighted by molar-refractivity contribution is 0.0708. The van der Waals surface area contributed by atoms with Crippen LogP contribution in [0.15, 0.2) is 60.7 Å².